The standard InChI is InChI=1S/C13H19N3O2/c1-9(10-6-7-10)15(2)8-11-4-3-5-12(13(11)14)16(17)18/h3-5,9-10H,6-8,14H2,1-2H3. The molecule has 1 aliphatic carbocycles. The van der Waals surface area contributed by atoms with Crippen LogP contribution in [0.5, 0.6) is 0 Å². The fourth-order valence-electron chi connectivity index (χ4n) is 2.25. The van der Waals surface area contributed by atoms with Crippen LogP contribution in [-0.4, -0.2) is 22.9 Å². The fourth-order valence-corrected chi connectivity index (χ4v) is 2.25. The molecule has 0 amide bonds. The number of benzene rings is 1. The molecule has 0 radical (unpaired) electrons. The zero-order chi connectivity index (χ0) is 13.3. The van der Waals surface area contributed by atoms with Crippen molar-refractivity contribution in [3.8, 4) is 0 Å². The summed E-state index contributed by atoms with van der Waals surface area (Å²) in [7, 11) is 2.04. The highest BCUT2D eigenvalue weighted by molar-refractivity contribution is 5.62. The number of anilines is 1. The van der Waals surface area contributed by atoms with Gasteiger partial charge in [-0.25, -0.2) is 0 Å². The van der Waals surface area contributed by atoms with E-state index in [1.807, 2.05) is 13.1 Å². The number of nitro groups is 1. The minimum atomic E-state index is -0.427. The molecule has 1 aromatic carbocycles. The maximum Gasteiger partial charge on any atom is 0.292 e. The van der Waals surface area contributed by atoms with Gasteiger partial charge in [0, 0.05) is 18.7 Å². The largest absolute Gasteiger partial charge is 0.393 e. The van der Waals surface area contributed by atoms with Crippen LogP contribution in [0.4, 0.5) is 11.4 Å². The van der Waals surface area contributed by atoms with Crippen molar-refractivity contribution in [1.29, 1.82) is 0 Å². The molecule has 1 aliphatic rings. The molecule has 0 aliphatic heterocycles. The van der Waals surface area contributed by atoms with Crippen LogP contribution in [0.1, 0.15) is 25.3 Å². The van der Waals surface area contributed by atoms with Gasteiger partial charge >= 0.3 is 0 Å². The first-order valence-electron chi connectivity index (χ1n) is 6.22. The van der Waals surface area contributed by atoms with Gasteiger partial charge in [0.2, 0.25) is 0 Å². The molecule has 0 bridgehead atoms. The highest BCUT2D eigenvalue weighted by Crippen LogP contribution is 2.35. The molecule has 5 heteroatoms. The quantitative estimate of drug-likeness (QED) is 0.494. The molecule has 1 saturated carbocycles. The van der Waals surface area contributed by atoms with Crippen LogP contribution >= 0.6 is 0 Å². The Morgan fingerprint density at radius 1 is 1.56 bits per heavy atom. The first kappa shape index (κ1) is 12.8. The van der Waals surface area contributed by atoms with E-state index in [1.54, 1.807) is 6.07 Å². The van der Waals surface area contributed by atoms with E-state index >= 15 is 0 Å². The number of nitrogens with zero attached hydrogens (tertiary/aromatic N) is 2. The van der Waals surface area contributed by atoms with Crippen LogP contribution in [-0.2, 0) is 6.54 Å². The second kappa shape index (κ2) is 4.94. The highest BCUT2D eigenvalue weighted by atomic mass is 16.6. The van der Waals surface area contributed by atoms with Gasteiger partial charge in [-0.3, -0.25) is 15.0 Å². The molecule has 1 fully saturated rings. The minimum absolute atomic E-state index is 0.0000231. The molecule has 0 aromatic heterocycles. The lowest BCUT2D eigenvalue weighted by Crippen LogP contribution is -2.30. The Hall–Kier alpha value is -1.62. The van der Waals surface area contributed by atoms with Gasteiger partial charge in [0.05, 0.1) is 4.92 Å². The van der Waals surface area contributed by atoms with Gasteiger partial charge in [-0.1, -0.05) is 12.1 Å². The van der Waals surface area contributed by atoms with Crippen molar-refractivity contribution in [2.24, 2.45) is 5.92 Å². The lowest BCUT2D eigenvalue weighted by molar-refractivity contribution is -0.384. The summed E-state index contributed by atoms with van der Waals surface area (Å²) in [6.45, 7) is 2.86. The Morgan fingerprint density at radius 2 is 2.22 bits per heavy atom. The average molecular weight is 249 g/mol. The third-order valence-corrected chi connectivity index (χ3v) is 3.79. The Labute approximate surface area is 107 Å². The van der Waals surface area contributed by atoms with Crippen LogP contribution in [0.2, 0.25) is 0 Å². The summed E-state index contributed by atoms with van der Waals surface area (Å²) in [4.78, 5) is 12.6. The molecule has 98 valence electrons. The number of nitrogens with two attached hydrogens (primary N) is 1. The zero-order valence-corrected chi connectivity index (χ0v) is 10.8. The molecule has 5 nitrogen and oxygen atoms in total. The number of nitro benzene ring substituents is 1. The number of rotatable bonds is 5. The molecular formula is C13H19N3O2. The topological polar surface area (TPSA) is 72.4 Å². The normalized spacial score (nSPS) is 16.8. The average Bonchev–Trinajstić information content (AvgIpc) is 3.14. The summed E-state index contributed by atoms with van der Waals surface area (Å²) < 4.78 is 0. The van der Waals surface area contributed by atoms with Gasteiger partial charge in [-0.2, -0.15) is 0 Å². The van der Waals surface area contributed by atoms with Crippen molar-refractivity contribution >= 4 is 11.4 Å². The summed E-state index contributed by atoms with van der Waals surface area (Å²) in [5.74, 6) is 0.773. The molecule has 0 saturated heterocycles. The monoisotopic (exact) mass is 249 g/mol. The Balaban J connectivity index is 2.13. The van der Waals surface area contributed by atoms with Crippen molar-refractivity contribution < 1.29 is 4.92 Å². The van der Waals surface area contributed by atoms with Crippen molar-refractivity contribution in [2.75, 3.05) is 12.8 Å². The van der Waals surface area contributed by atoms with Gasteiger partial charge in [0.25, 0.3) is 5.69 Å². The summed E-state index contributed by atoms with van der Waals surface area (Å²) >= 11 is 0. The smallest absolute Gasteiger partial charge is 0.292 e. The molecule has 2 N–H and O–H groups in total. The number of hydrogen-bond acceptors (Lipinski definition) is 4. The van der Waals surface area contributed by atoms with Crippen molar-refractivity contribution in [1.82, 2.24) is 4.90 Å². The molecule has 1 aromatic rings. The Bertz CT molecular complexity index is 458. The van der Waals surface area contributed by atoms with Crippen LogP contribution in [0.25, 0.3) is 0 Å². The van der Waals surface area contributed by atoms with Crippen LogP contribution < -0.4 is 5.73 Å². The fraction of sp³-hybridized carbons (Fsp3) is 0.538. The van der Waals surface area contributed by atoms with Gasteiger partial charge in [0.1, 0.15) is 5.69 Å². The molecule has 1 atom stereocenters. The third kappa shape index (κ3) is 2.61. The predicted octanol–water partition coefficient (Wildman–Crippen LogP) is 2.41. The number of hydrogen-bond donors (Lipinski definition) is 1. The lowest BCUT2D eigenvalue weighted by atomic mass is 10.1. The van der Waals surface area contributed by atoms with Crippen LogP contribution in [0.3, 0.4) is 0 Å². The van der Waals surface area contributed by atoms with E-state index in [1.165, 1.54) is 18.9 Å². The van der Waals surface area contributed by atoms with Crippen molar-refractivity contribution in [3.63, 3.8) is 0 Å². The molecule has 2 rings (SSSR count). The van der Waals surface area contributed by atoms with E-state index in [2.05, 4.69) is 11.8 Å². The Kier molecular flexibility index (Phi) is 3.52. The van der Waals surface area contributed by atoms with E-state index in [4.69, 9.17) is 5.73 Å². The Morgan fingerprint density at radius 3 is 2.78 bits per heavy atom. The predicted molar refractivity (Wildman–Crippen MR) is 71.2 cm³/mol. The number of para-hydroxylation sites is 1. The zero-order valence-electron chi connectivity index (χ0n) is 10.8. The van der Waals surface area contributed by atoms with E-state index in [-0.39, 0.29) is 11.4 Å². The molecule has 0 heterocycles. The van der Waals surface area contributed by atoms with Gasteiger partial charge < -0.3 is 5.73 Å². The van der Waals surface area contributed by atoms with Crippen LogP contribution in [0, 0.1) is 16.0 Å². The molecule has 0 spiro atoms. The summed E-state index contributed by atoms with van der Waals surface area (Å²) in [6.07, 6.45) is 2.58. The second-order valence-corrected chi connectivity index (χ2v) is 5.10. The number of nitrogen functional groups attached to an aromatic ring is 1. The first-order valence-corrected chi connectivity index (χ1v) is 6.22. The highest BCUT2D eigenvalue weighted by Gasteiger charge is 2.30. The van der Waals surface area contributed by atoms with Crippen molar-refractivity contribution in [3.05, 3.63) is 33.9 Å². The molecular weight excluding hydrogens is 230 g/mol. The minimum Gasteiger partial charge on any atom is -0.393 e. The van der Waals surface area contributed by atoms with Crippen molar-refractivity contribution in [2.45, 2.75) is 32.4 Å². The van der Waals surface area contributed by atoms with E-state index in [0.29, 0.717) is 12.6 Å². The molecule has 1 unspecified atom stereocenters. The summed E-state index contributed by atoms with van der Waals surface area (Å²) in [5.41, 5.74) is 6.98. The van der Waals surface area contributed by atoms with Gasteiger partial charge in [-0.05, 0) is 38.3 Å². The lowest BCUT2D eigenvalue weighted by Gasteiger charge is -2.25. The maximum absolute atomic E-state index is 10.8. The van der Waals surface area contributed by atoms with E-state index in [0.717, 1.165) is 11.5 Å². The SMILES string of the molecule is CC(C1CC1)N(C)Cc1cccc([N+](=O)[O-])c1N. The maximum atomic E-state index is 10.8. The third-order valence-electron chi connectivity index (χ3n) is 3.79. The second-order valence-electron chi connectivity index (χ2n) is 5.10. The molecule has 18 heavy (non-hydrogen) atoms. The summed E-state index contributed by atoms with van der Waals surface area (Å²) in [6, 6.07) is 5.50. The van der Waals surface area contributed by atoms with Gasteiger partial charge in [0.15, 0.2) is 0 Å². The van der Waals surface area contributed by atoms with Gasteiger partial charge in [-0.15, -0.1) is 0 Å². The van der Waals surface area contributed by atoms with E-state index < -0.39 is 4.92 Å². The van der Waals surface area contributed by atoms with E-state index in [9.17, 15) is 10.1 Å². The first-order chi connectivity index (χ1) is 8.50. The van der Waals surface area contributed by atoms with Crippen LogP contribution in [0.15, 0.2) is 18.2 Å². The summed E-state index contributed by atoms with van der Waals surface area (Å²) in [5, 5.41) is 10.8.